The van der Waals surface area contributed by atoms with Crippen LogP contribution in [0, 0.1) is 0 Å². The molecule has 4 nitrogen and oxygen atoms in total. The highest BCUT2D eigenvalue weighted by Gasteiger charge is 2.05. The summed E-state index contributed by atoms with van der Waals surface area (Å²) in [4.78, 5) is 8.38. The van der Waals surface area contributed by atoms with Crippen LogP contribution in [0.15, 0.2) is 30.6 Å². The Hall–Kier alpha value is -1.52. The van der Waals surface area contributed by atoms with Crippen LogP contribution >= 0.6 is 23.2 Å². The van der Waals surface area contributed by atoms with E-state index in [1.54, 1.807) is 6.07 Å². The lowest BCUT2D eigenvalue weighted by Crippen LogP contribution is -2.04. The Morgan fingerprint density at radius 3 is 2.71 bits per heavy atom. The van der Waals surface area contributed by atoms with E-state index in [1.807, 2.05) is 18.2 Å². The van der Waals surface area contributed by atoms with Crippen molar-refractivity contribution in [3.63, 3.8) is 0 Å². The smallest absolute Gasteiger partial charge is 0.135 e. The van der Waals surface area contributed by atoms with Crippen LogP contribution in [0.5, 0.6) is 0 Å². The van der Waals surface area contributed by atoms with Gasteiger partial charge in [-0.25, -0.2) is 9.97 Å². The molecule has 0 atom stereocenters. The molecule has 0 spiro atoms. The van der Waals surface area contributed by atoms with E-state index >= 15 is 0 Å². The molecule has 0 saturated heterocycles. The van der Waals surface area contributed by atoms with E-state index in [2.05, 4.69) is 27.5 Å². The van der Waals surface area contributed by atoms with Crippen LogP contribution in [0.3, 0.4) is 0 Å². The largest absolute Gasteiger partial charge is 0.370 e. The minimum Gasteiger partial charge on any atom is -0.370 e. The molecule has 0 unspecified atom stereocenters. The van der Waals surface area contributed by atoms with Crippen molar-refractivity contribution in [1.29, 1.82) is 0 Å². The number of aromatic nitrogens is 2. The average Bonchev–Trinajstić information content (AvgIpc) is 2.49. The topological polar surface area (TPSA) is 49.8 Å². The Morgan fingerprint density at radius 2 is 1.90 bits per heavy atom. The molecule has 0 saturated carbocycles. The highest BCUT2D eigenvalue weighted by molar-refractivity contribution is 6.43. The fourth-order valence-corrected chi connectivity index (χ4v) is 2.20. The summed E-state index contributed by atoms with van der Waals surface area (Å²) in [5, 5.41) is 7.42. The molecule has 1 aromatic carbocycles. The molecular formula is C15H18Cl2N4. The molecule has 0 aliphatic heterocycles. The Balaban J connectivity index is 2.02. The van der Waals surface area contributed by atoms with Crippen LogP contribution < -0.4 is 10.6 Å². The standard InChI is InChI=1S/C15H18Cl2N4/c1-2-3-4-8-18-13-9-14(20-10-19-13)21-12-7-5-6-11(16)15(12)17/h5-7,9-10H,2-4,8H2,1H3,(H2,18,19,20,21). The van der Waals surface area contributed by atoms with Gasteiger partial charge in [-0.1, -0.05) is 49.0 Å². The zero-order valence-electron chi connectivity index (χ0n) is 11.9. The lowest BCUT2D eigenvalue weighted by molar-refractivity contribution is 0.742. The second-order valence-corrected chi connectivity index (χ2v) is 5.43. The number of anilines is 3. The lowest BCUT2D eigenvalue weighted by Gasteiger charge is -2.10. The minimum atomic E-state index is 0.482. The molecule has 1 heterocycles. The van der Waals surface area contributed by atoms with Gasteiger partial charge in [0.1, 0.15) is 18.0 Å². The van der Waals surface area contributed by atoms with Gasteiger partial charge in [0, 0.05) is 12.6 Å². The van der Waals surface area contributed by atoms with E-state index in [4.69, 9.17) is 23.2 Å². The molecule has 2 N–H and O–H groups in total. The van der Waals surface area contributed by atoms with Gasteiger partial charge in [-0.15, -0.1) is 0 Å². The predicted molar refractivity (Wildman–Crippen MR) is 89.8 cm³/mol. The van der Waals surface area contributed by atoms with Gasteiger partial charge in [-0.2, -0.15) is 0 Å². The first-order chi connectivity index (χ1) is 10.2. The maximum atomic E-state index is 6.15. The number of unbranched alkanes of at least 4 members (excludes halogenated alkanes) is 2. The van der Waals surface area contributed by atoms with Crippen LogP contribution in [0.2, 0.25) is 10.0 Å². The molecule has 0 amide bonds. The summed E-state index contributed by atoms with van der Waals surface area (Å²) in [6.07, 6.45) is 5.05. The molecule has 21 heavy (non-hydrogen) atoms. The first-order valence-corrected chi connectivity index (χ1v) is 7.73. The molecule has 0 fully saturated rings. The number of halogens is 2. The first-order valence-electron chi connectivity index (χ1n) is 6.97. The van der Waals surface area contributed by atoms with Crippen molar-refractivity contribution in [3.05, 3.63) is 40.6 Å². The van der Waals surface area contributed by atoms with Gasteiger partial charge < -0.3 is 10.6 Å². The molecule has 0 bridgehead atoms. The number of rotatable bonds is 7. The van der Waals surface area contributed by atoms with E-state index in [-0.39, 0.29) is 0 Å². The fraction of sp³-hybridized carbons (Fsp3) is 0.333. The van der Waals surface area contributed by atoms with Gasteiger partial charge in [0.25, 0.3) is 0 Å². The fourth-order valence-electron chi connectivity index (χ4n) is 1.85. The van der Waals surface area contributed by atoms with Crippen LogP contribution in [0.25, 0.3) is 0 Å². The summed E-state index contributed by atoms with van der Waals surface area (Å²) in [5.74, 6) is 1.47. The summed E-state index contributed by atoms with van der Waals surface area (Å²) >= 11 is 12.1. The van der Waals surface area contributed by atoms with Gasteiger partial charge in [-0.3, -0.25) is 0 Å². The number of benzene rings is 1. The first kappa shape index (κ1) is 15.9. The Kier molecular flexibility index (Phi) is 6.08. The van der Waals surface area contributed by atoms with Gasteiger partial charge in [0.2, 0.25) is 0 Å². The van der Waals surface area contributed by atoms with Gasteiger partial charge in [0.05, 0.1) is 15.7 Å². The second kappa shape index (κ2) is 8.05. The molecule has 0 radical (unpaired) electrons. The summed E-state index contributed by atoms with van der Waals surface area (Å²) in [6.45, 7) is 3.09. The third kappa shape index (κ3) is 4.76. The number of hydrogen-bond acceptors (Lipinski definition) is 4. The SMILES string of the molecule is CCCCCNc1cc(Nc2cccc(Cl)c2Cl)ncn1. The van der Waals surface area contributed by atoms with Crippen molar-refractivity contribution in [2.24, 2.45) is 0 Å². The molecule has 6 heteroatoms. The third-order valence-corrected chi connectivity index (χ3v) is 3.79. The molecular weight excluding hydrogens is 307 g/mol. The number of hydrogen-bond donors (Lipinski definition) is 2. The van der Waals surface area contributed by atoms with Gasteiger partial charge in [0.15, 0.2) is 0 Å². The van der Waals surface area contributed by atoms with Crippen LogP contribution in [-0.2, 0) is 0 Å². The Bertz CT molecular complexity index is 590. The van der Waals surface area contributed by atoms with Crippen molar-refractivity contribution >= 4 is 40.5 Å². The van der Waals surface area contributed by atoms with Gasteiger partial charge in [-0.05, 0) is 18.6 Å². The van der Waals surface area contributed by atoms with Gasteiger partial charge >= 0.3 is 0 Å². The summed E-state index contributed by atoms with van der Waals surface area (Å²) in [6, 6.07) is 7.28. The molecule has 112 valence electrons. The lowest BCUT2D eigenvalue weighted by atomic mass is 10.2. The van der Waals surface area contributed by atoms with E-state index in [0.29, 0.717) is 15.9 Å². The van der Waals surface area contributed by atoms with E-state index in [1.165, 1.54) is 19.2 Å². The maximum Gasteiger partial charge on any atom is 0.135 e. The highest BCUT2D eigenvalue weighted by Crippen LogP contribution is 2.31. The number of nitrogens with zero attached hydrogens (tertiary/aromatic N) is 2. The number of nitrogens with one attached hydrogen (secondary N) is 2. The maximum absolute atomic E-state index is 6.15. The van der Waals surface area contributed by atoms with Crippen molar-refractivity contribution in [2.75, 3.05) is 17.2 Å². The van der Waals surface area contributed by atoms with Crippen molar-refractivity contribution in [1.82, 2.24) is 9.97 Å². The van der Waals surface area contributed by atoms with Crippen LogP contribution in [0.4, 0.5) is 17.3 Å². The minimum absolute atomic E-state index is 0.482. The van der Waals surface area contributed by atoms with E-state index in [0.717, 1.165) is 24.5 Å². The van der Waals surface area contributed by atoms with Crippen LogP contribution in [-0.4, -0.2) is 16.5 Å². The summed E-state index contributed by atoms with van der Waals surface area (Å²) in [5.41, 5.74) is 0.722. The van der Waals surface area contributed by atoms with E-state index < -0.39 is 0 Å². The van der Waals surface area contributed by atoms with Crippen molar-refractivity contribution in [3.8, 4) is 0 Å². The normalized spacial score (nSPS) is 10.4. The summed E-state index contributed by atoms with van der Waals surface area (Å²) in [7, 11) is 0. The predicted octanol–water partition coefficient (Wildman–Crippen LogP) is 5.13. The zero-order valence-corrected chi connectivity index (χ0v) is 13.4. The third-order valence-electron chi connectivity index (χ3n) is 2.97. The van der Waals surface area contributed by atoms with E-state index in [9.17, 15) is 0 Å². The van der Waals surface area contributed by atoms with Crippen molar-refractivity contribution < 1.29 is 0 Å². The molecule has 0 aliphatic rings. The zero-order chi connectivity index (χ0) is 15.1. The second-order valence-electron chi connectivity index (χ2n) is 4.65. The monoisotopic (exact) mass is 324 g/mol. The Labute approximate surface area is 134 Å². The summed E-state index contributed by atoms with van der Waals surface area (Å²) < 4.78 is 0. The van der Waals surface area contributed by atoms with Crippen LogP contribution in [0.1, 0.15) is 26.2 Å². The molecule has 2 aromatic rings. The highest BCUT2D eigenvalue weighted by atomic mass is 35.5. The molecule has 0 aliphatic carbocycles. The Morgan fingerprint density at radius 1 is 1.10 bits per heavy atom. The molecule has 2 rings (SSSR count). The molecule has 1 aromatic heterocycles. The average molecular weight is 325 g/mol. The van der Waals surface area contributed by atoms with Crippen molar-refractivity contribution in [2.45, 2.75) is 26.2 Å². The quantitative estimate of drug-likeness (QED) is 0.693.